The SMILES string of the molecule is NC1CC2(CCC2)Oc2ccc(F)cc21. The van der Waals surface area contributed by atoms with Crippen LogP contribution in [0.25, 0.3) is 0 Å². The molecular formula is C12H14FNO. The average Bonchev–Trinajstić information content (AvgIpc) is 2.16. The molecule has 0 aromatic heterocycles. The first-order chi connectivity index (χ1) is 7.19. The first-order valence-electron chi connectivity index (χ1n) is 5.43. The van der Waals surface area contributed by atoms with E-state index in [4.69, 9.17) is 10.5 Å². The number of halogens is 1. The van der Waals surface area contributed by atoms with Crippen LogP contribution < -0.4 is 10.5 Å². The van der Waals surface area contributed by atoms with Gasteiger partial charge in [-0.3, -0.25) is 0 Å². The molecule has 1 saturated carbocycles. The number of ether oxygens (including phenoxy) is 1. The van der Waals surface area contributed by atoms with E-state index < -0.39 is 0 Å². The molecule has 3 heteroatoms. The summed E-state index contributed by atoms with van der Waals surface area (Å²) in [7, 11) is 0. The summed E-state index contributed by atoms with van der Waals surface area (Å²) in [6, 6.07) is 4.54. The van der Waals surface area contributed by atoms with Gasteiger partial charge in [-0.15, -0.1) is 0 Å². The van der Waals surface area contributed by atoms with Gasteiger partial charge in [-0.25, -0.2) is 4.39 Å². The highest BCUT2D eigenvalue weighted by atomic mass is 19.1. The van der Waals surface area contributed by atoms with Crippen molar-refractivity contribution in [3.05, 3.63) is 29.6 Å². The summed E-state index contributed by atoms with van der Waals surface area (Å²) < 4.78 is 19.0. The van der Waals surface area contributed by atoms with Crippen LogP contribution in [0, 0.1) is 5.82 Å². The highest BCUT2D eigenvalue weighted by Gasteiger charge is 2.44. The monoisotopic (exact) mass is 207 g/mol. The van der Waals surface area contributed by atoms with E-state index >= 15 is 0 Å². The zero-order chi connectivity index (χ0) is 10.5. The molecule has 1 aliphatic heterocycles. The van der Waals surface area contributed by atoms with Gasteiger partial charge in [-0.05, 0) is 37.5 Å². The van der Waals surface area contributed by atoms with Gasteiger partial charge in [0.15, 0.2) is 0 Å². The van der Waals surface area contributed by atoms with E-state index in [0.29, 0.717) is 0 Å². The lowest BCUT2D eigenvalue weighted by Gasteiger charge is -2.47. The van der Waals surface area contributed by atoms with E-state index in [0.717, 1.165) is 30.6 Å². The summed E-state index contributed by atoms with van der Waals surface area (Å²) in [5, 5.41) is 0. The fourth-order valence-corrected chi connectivity index (χ4v) is 2.56. The van der Waals surface area contributed by atoms with Crippen molar-refractivity contribution in [3.63, 3.8) is 0 Å². The Morgan fingerprint density at radius 1 is 1.40 bits per heavy atom. The molecule has 1 aromatic carbocycles. The van der Waals surface area contributed by atoms with Crippen LogP contribution in [0.2, 0.25) is 0 Å². The van der Waals surface area contributed by atoms with E-state index in [1.165, 1.54) is 18.6 Å². The molecule has 15 heavy (non-hydrogen) atoms. The van der Waals surface area contributed by atoms with Crippen molar-refractivity contribution in [3.8, 4) is 5.75 Å². The van der Waals surface area contributed by atoms with E-state index in [1.807, 2.05) is 0 Å². The molecule has 0 radical (unpaired) electrons. The number of hydrogen-bond donors (Lipinski definition) is 1. The first kappa shape index (κ1) is 9.16. The molecule has 1 atom stereocenters. The van der Waals surface area contributed by atoms with Crippen LogP contribution in [0.5, 0.6) is 5.75 Å². The Bertz CT molecular complexity index is 401. The lowest BCUT2D eigenvalue weighted by atomic mass is 9.73. The van der Waals surface area contributed by atoms with E-state index in [9.17, 15) is 4.39 Å². The summed E-state index contributed by atoms with van der Waals surface area (Å²) in [6.07, 6.45) is 4.20. The van der Waals surface area contributed by atoms with Gasteiger partial charge in [-0.2, -0.15) is 0 Å². The highest BCUT2D eigenvalue weighted by molar-refractivity contribution is 5.39. The van der Waals surface area contributed by atoms with Crippen molar-refractivity contribution in [2.75, 3.05) is 0 Å². The van der Waals surface area contributed by atoms with Gasteiger partial charge in [0.1, 0.15) is 17.2 Å². The van der Waals surface area contributed by atoms with Crippen molar-refractivity contribution >= 4 is 0 Å². The van der Waals surface area contributed by atoms with E-state index in [1.54, 1.807) is 6.07 Å². The molecule has 1 unspecified atom stereocenters. The van der Waals surface area contributed by atoms with Gasteiger partial charge in [0.2, 0.25) is 0 Å². The molecule has 2 nitrogen and oxygen atoms in total. The standard InChI is InChI=1S/C12H14FNO/c13-8-2-3-11-9(6-8)10(14)7-12(15-11)4-1-5-12/h2-3,6,10H,1,4-5,7,14H2. The number of rotatable bonds is 0. The Morgan fingerprint density at radius 3 is 2.87 bits per heavy atom. The fraction of sp³-hybridized carbons (Fsp3) is 0.500. The van der Waals surface area contributed by atoms with Crippen LogP contribution in [0.4, 0.5) is 4.39 Å². The Morgan fingerprint density at radius 2 is 2.20 bits per heavy atom. The lowest BCUT2D eigenvalue weighted by molar-refractivity contribution is -0.0330. The maximum absolute atomic E-state index is 13.0. The van der Waals surface area contributed by atoms with Crippen LogP contribution in [0.3, 0.4) is 0 Å². The molecular weight excluding hydrogens is 193 g/mol. The Labute approximate surface area is 88.2 Å². The van der Waals surface area contributed by atoms with Crippen LogP contribution in [0.1, 0.15) is 37.3 Å². The molecule has 2 aliphatic rings. The van der Waals surface area contributed by atoms with Crippen LogP contribution >= 0.6 is 0 Å². The van der Waals surface area contributed by atoms with Crippen molar-refractivity contribution in [1.82, 2.24) is 0 Å². The predicted molar refractivity (Wildman–Crippen MR) is 55.2 cm³/mol. The molecule has 1 aliphatic carbocycles. The zero-order valence-corrected chi connectivity index (χ0v) is 8.50. The Kier molecular flexibility index (Phi) is 1.80. The number of hydrogen-bond acceptors (Lipinski definition) is 2. The van der Waals surface area contributed by atoms with Gasteiger partial charge < -0.3 is 10.5 Å². The minimum absolute atomic E-state index is 0.0375. The summed E-state index contributed by atoms with van der Waals surface area (Å²) in [4.78, 5) is 0. The van der Waals surface area contributed by atoms with Gasteiger partial charge in [0.05, 0.1) is 0 Å². The summed E-state index contributed by atoms with van der Waals surface area (Å²) in [6.45, 7) is 0. The van der Waals surface area contributed by atoms with Crippen molar-refractivity contribution in [2.45, 2.75) is 37.3 Å². The second-order valence-corrected chi connectivity index (χ2v) is 4.63. The largest absolute Gasteiger partial charge is 0.487 e. The molecule has 1 fully saturated rings. The normalized spacial score (nSPS) is 26.7. The number of nitrogens with two attached hydrogens (primary N) is 1. The summed E-state index contributed by atoms with van der Waals surface area (Å²) >= 11 is 0. The zero-order valence-electron chi connectivity index (χ0n) is 8.50. The summed E-state index contributed by atoms with van der Waals surface area (Å²) in [5.74, 6) is 0.534. The third-order valence-electron chi connectivity index (χ3n) is 3.55. The molecule has 1 spiro atoms. The number of fused-ring (bicyclic) bond motifs is 1. The molecule has 0 saturated heterocycles. The second kappa shape index (κ2) is 2.95. The average molecular weight is 207 g/mol. The third kappa shape index (κ3) is 1.34. The summed E-state index contributed by atoms with van der Waals surface area (Å²) in [5.41, 5.74) is 6.83. The molecule has 0 bridgehead atoms. The van der Waals surface area contributed by atoms with Gasteiger partial charge in [0.25, 0.3) is 0 Å². The highest BCUT2D eigenvalue weighted by Crippen LogP contribution is 2.47. The molecule has 0 amide bonds. The Hall–Kier alpha value is -1.09. The fourth-order valence-electron chi connectivity index (χ4n) is 2.56. The predicted octanol–water partition coefficient (Wildman–Crippen LogP) is 2.53. The molecule has 1 heterocycles. The van der Waals surface area contributed by atoms with Gasteiger partial charge in [-0.1, -0.05) is 0 Å². The van der Waals surface area contributed by atoms with Gasteiger partial charge in [0, 0.05) is 18.0 Å². The molecule has 80 valence electrons. The Balaban J connectivity index is 2.01. The maximum Gasteiger partial charge on any atom is 0.125 e. The molecule has 2 N–H and O–H groups in total. The van der Waals surface area contributed by atoms with Crippen molar-refractivity contribution < 1.29 is 9.13 Å². The molecule has 1 aromatic rings. The topological polar surface area (TPSA) is 35.2 Å². The third-order valence-corrected chi connectivity index (χ3v) is 3.55. The lowest BCUT2D eigenvalue weighted by Crippen LogP contribution is -2.48. The van der Waals surface area contributed by atoms with E-state index in [2.05, 4.69) is 0 Å². The van der Waals surface area contributed by atoms with Crippen molar-refractivity contribution in [2.24, 2.45) is 5.73 Å². The van der Waals surface area contributed by atoms with Gasteiger partial charge >= 0.3 is 0 Å². The quantitative estimate of drug-likeness (QED) is 0.709. The minimum atomic E-state index is -0.239. The van der Waals surface area contributed by atoms with Crippen molar-refractivity contribution in [1.29, 1.82) is 0 Å². The number of benzene rings is 1. The smallest absolute Gasteiger partial charge is 0.125 e. The minimum Gasteiger partial charge on any atom is -0.487 e. The maximum atomic E-state index is 13.0. The second-order valence-electron chi connectivity index (χ2n) is 4.63. The van der Waals surface area contributed by atoms with Crippen LogP contribution in [-0.2, 0) is 0 Å². The van der Waals surface area contributed by atoms with Crippen LogP contribution in [0.15, 0.2) is 18.2 Å². The molecule has 3 rings (SSSR count). The van der Waals surface area contributed by atoms with E-state index in [-0.39, 0.29) is 17.5 Å². The first-order valence-corrected chi connectivity index (χ1v) is 5.43. The van der Waals surface area contributed by atoms with Crippen LogP contribution in [-0.4, -0.2) is 5.60 Å².